The first-order valence-electron chi connectivity index (χ1n) is 13.9. The number of carboxylic acid groups (broad SMARTS) is 1. The quantitative estimate of drug-likeness (QED) is 0.283. The lowest BCUT2D eigenvalue weighted by Crippen LogP contribution is -2.40. The van der Waals surface area contributed by atoms with E-state index in [1.807, 2.05) is 12.4 Å². The lowest BCUT2D eigenvalue weighted by atomic mass is 9.92. The molecule has 41 heavy (non-hydrogen) atoms. The van der Waals surface area contributed by atoms with Crippen LogP contribution in [0.4, 0.5) is 5.69 Å². The minimum atomic E-state index is -0.250. The van der Waals surface area contributed by atoms with Crippen LogP contribution in [0, 0.1) is 0 Å². The molecule has 214 valence electrons. The number of aliphatic hydroxyl groups excluding tert-OH is 1. The van der Waals surface area contributed by atoms with E-state index < -0.39 is 0 Å². The Kier molecular flexibility index (Phi) is 8.07. The summed E-state index contributed by atoms with van der Waals surface area (Å²) in [5.74, 6) is 0.513. The second kappa shape index (κ2) is 11.9. The largest absolute Gasteiger partial charge is 0.483 e. The third-order valence-corrected chi connectivity index (χ3v) is 9.50. The number of thiophene rings is 1. The summed E-state index contributed by atoms with van der Waals surface area (Å²) in [6, 6.07) is 10.6. The SMILES string of the molecule is O=CO.O=c1cc(C2CC2)cnn1Cc1cc2nccc(-c3cc(Cl)cc4c3N([C@@H]3CN[C@@H](CO)C3)CCC4)c2s1. The van der Waals surface area contributed by atoms with E-state index in [1.54, 1.807) is 22.1 Å². The minimum Gasteiger partial charge on any atom is -0.483 e. The van der Waals surface area contributed by atoms with Gasteiger partial charge in [0.05, 0.1) is 29.6 Å². The molecule has 3 N–H and O–H groups in total. The Morgan fingerprint density at radius 1 is 1.20 bits per heavy atom. The van der Waals surface area contributed by atoms with Crippen LogP contribution in [0.15, 0.2) is 47.5 Å². The first kappa shape index (κ1) is 27.8. The summed E-state index contributed by atoms with van der Waals surface area (Å²) in [5.41, 5.74) is 6.71. The van der Waals surface area contributed by atoms with Gasteiger partial charge in [0, 0.05) is 64.2 Å². The van der Waals surface area contributed by atoms with Gasteiger partial charge < -0.3 is 20.4 Å². The molecule has 0 unspecified atom stereocenters. The molecule has 3 aromatic heterocycles. The average molecular weight is 594 g/mol. The van der Waals surface area contributed by atoms with Crippen LogP contribution in [0.3, 0.4) is 0 Å². The van der Waals surface area contributed by atoms with Crippen molar-refractivity contribution < 1.29 is 15.0 Å². The fourth-order valence-corrected chi connectivity index (χ4v) is 7.48. The first-order chi connectivity index (χ1) is 20.0. The van der Waals surface area contributed by atoms with Crippen molar-refractivity contribution in [2.24, 2.45) is 0 Å². The fraction of sp³-hybridized carbons (Fsp3) is 0.400. The van der Waals surface area contributed by atoms with Crippen molar-refractivity contribution in [1.29, 1.82) is 0 Å². The van der Waals surface area contributed by atoms with E-state index in [9.17, 15) is 9.90 Å². The zero-order chi connectivity index (χ0) is 28.5. The average Bonchev–Trinajstić information content (AvgIpc) is 3.56. The lowest BCUT2D eigenvalue weighted by Gasteiger charge is -2.38. The number of carbonyl (C=O) groups is 1. The summed E-state index contributed by atoms with van der Waals surface area (Å²) in [6.07, 6.45) is 9.03. The Balaban J connectivity index is 0.000000967. The minimum absolute atomic E-state index is 0.0500. The molecule has 0 bridgehead atoms. The monoisotopic (exact) mass is 593 g/mol. The normalized spacial score (nSPS) is 20.0. The molecule has 0 spiro atoms. The highest BCUT2D eigenvalue weighted by atomic mass is 35.5. The fourth-order valence-electron chi connectivity index (χ4n) is 6.11. The van der Waals surface area contributed by atoms with Crippen LogP contribution in [0.5, 0.6) is 0 Å². The highest BCUT2D eigenvalue weighted by Gasteiger charge is 2.33. The predicted molar refractivity (Wildman–Crippen MR) is 161 cm³/mol. The molecule has 1 aliphatic carbocycles. The molecule has 2 atom stereocenters. The van der Waals surface area contributed by atoms with Crippen LogP contribution in [-0.2, 0) is 17.8 Å². The number of fused-ring (bicyclic) bond motifs is 2. The zero-order valence-electron chi connectivity index (χ0n) is 22.5. The molecule has 0 radical (unpaired) electrons. The Bertz CT molecular complexity index is 1640. The zero-order valence-corrected chi connectivity index (χ0v) is 24.1. The van der Waals surface area contributed by atoms with Gasteiger partial charge in [-0.05, 0) is 73.4 Å². The summed E-state index contributed by atoms with van der Waals surface area (Å²) in [4.78, 5) is 29.3. The van der Waals surface area contributed by atoms with Crippen LogP contribution in [-0.4, -0.2) is 63.2 Å². The number of rotatable bonds is 6. The Labute approximate surface area is 246 Å². The van der Waals surface area contributed by atoms with E-state index in [2.05, 4.69) is 44.6 Å². The van der Waals surface area contributed by atoms with E-state index in [4.69, 9.17) is 21.5 Å². The molecule has 0 amide bonds. The smallest absolute Gasteiger partial charge is 0.290 e. The van der Waals surface area contributed by atoms with Crippen LogP contribution in [0.2, 0.25) is 5.02 Å². The molecule has 9 nitrogen and oxygen atoms in total. The van der Waals surface area contributed by atoms with E-state index >= 15 is 0 Å². The number of aromatic nitrogens is 3. The van der Waals surface area contributed by atoms with Crippen LogP contribution >= 0.6 is 22.9 Å². The van der Waals surface area contributed by atoms with Gasteiger partial charge in [0.15, 0.2) is 0 Å². The van der Waals surface area contributed by atoms with Crippen LogP contribution in [0.1, 0.15) is 47.6 Å². The van der Waals surface area contributed by atoms with Crippen molar-refractivity contribution >= 4 is 45.3 Å². The molecule has 1 saturated carbocycles. The highest BCUT2D eigenvalue weighted by molar-refractivity contribution is 7.19. The van der Waals surface area contributed by atoms with Gasteiger partial charge in [-0.1, -0.05) is 11.6 Å². The molecule has 1 saturated heterocycles. The van der Waals surface area contributed by atoms with Crippen molar-refractivity contribution in [3.8, 4) is 11.1 Å². The number of halogens is 1. The second-order valence-corrected chi connectivity index (χ2v) is 12.5. The van der Waals surface area contributed by atoms with Crippen LogP contribution in [0.25, 0.3) is 21.3 Å². The lowest BCUT2D eigenvalue weighted by molar-refractivity contribution is -0.122. The number of nitrogens with zero attached hydrogens (tertiary/aromatic N) is 4. The molecule has 11 heteroatoms. The van der Waals surface area contributed by atoms with Crippen LogP contribution < -0.4 is 15.8 Å². The third kappa shape index (κ3) is 5.74. The number of pyridine rings is 1. The topological polar surface area (TPSA) is 121 Å². The molecule has 5 heterocycles. The van der Waals surface area contributed by atoms with Crippen molar-refractivity contribution in [1.82, 2.24) is 20.1 Å². The Morgan fingerprint density at radius 2 is 2.02 bits per heavy atom. The molecular weight excluding hydrogens is 562 g/mol. The predicted octanol–water partition coefficient (Wildman–Crippen LogP) is 4.28. The van der Waals surface area contributed by atoms with Gasteiger partial charge >= 0.3 is 0 Å². The number of nitrogens with one attached hydrogen (secondary N) is 1. The van der Waals surface area contributed by atoms with Gasteiger partial charge in [0.2, 0.25) is 0 Å². The maximum atomic E-state index is 12.7. The van der Waals surface area contributed by atoms with Gasteiger partial charge in [-0.2, -0.15) is 5.10 Å². The molecule has 3 aliphatic rings. The number of aliphatic hydroxyl groups is 1. The second-order valence-electron chi connectivity index (χ2n) is 10.9. The molecular formula is C30H32ClN5O4S. The third-order valence-electron chi connectivity index (χ3n) is 8.14. The van der Waals surface area contributed by atoms with E-state index in [0.717, 1.165) is 82.0 Å². The summed E-state index contributed by atoms with van der Waals surface area (Å²) in [7, 11) is 0. The number of hydrogen-bond donors (Lipinski definition) is 3. The van der Waals surface area contributed by atoms with Gasteiger partial charge in [0.1, 0.15) is 0 Å². The van der Waals surface area contributed by atoms with Crippen molar-refractivity contribution in [2.75, 3.05) is 24.6 Å². The van der Waals surface area contributed by atoms with E-state index in [0.29, 0.717) is 18.5 Å². The maximum Gasteiger partial charge on any atom is 0.290 e. The molecule has 7 rings (SSSR count). The summed E-state index contributed by atoms with van der Waals surface area (Å²) in [6.45, 7) is 2.19. The molecule has 2 aliphatic heterocycles. The first-order valence-corrected chi connectivity index (χ1v) is 15.1. The Morgan fingerprint density at radius 3 is 2.76 bits per heavy atom. The maximum absolute atomic E-state index is 12.7. The summed E-state index contributed by atoms with van der Waals surface area (Å²) < 4.78 is 2.64. The van der Waals surface area contributed by atoms with Crippen molar-refractivity contribution in [2.45, 2.75) is 56.7 Å². The highest BCUT2D eigenvalue weighted by Crippen LogP contribution is 2.45. The van der Waals surface area contributed by atoms with Gasteiger partial charge in [0.25, 0.3) is 12.0 Å². The summed E-state index contributed by atoms with van der Waals surface area (Å²) in [5, 5.41) is 25.3. The number of benzene rings is 1. The van der Waals surface area contributed by atoms with Gasteiger partial charge in [-0.15, -0.1) is 11.3 Å². The molecule has 1 aromatic carbocycles. The van der Waals surface area contributed by atoms with Gasteiger partial charge in [-0.25, -0.2) is 4.68 Å². The number of aryl methyl sites for hydroxylation is 1. The standard InChI is InChI=1S/C29H30ClN5O2S.CH2O2/c30-20-8-18-2-1-7-34(22-11-21(16-36)32-14-22)28(18)25(10-20)24-5-6-31-26-12-23(38-29(24)26)15-35-27(37)9-19(13-33-35)17-3-4-17;2-1-3/h5-6,8-10,12-13,17,21-22,32,36H,1-4,7,11,14-16H2;1H,(H,2,3)/t21-,22+;/m1./s1. The van der Waals surface area contributed by atoms with E-state index in [-0.39, 0.29) is 24.7 Å². The molecule has 2 fully saturated rings. The van der Waals surface area contributed by atoms with Crippen molar-refractivity contribution in [3.05, 3.63) is 74.1 Å². The molecule has 4 aromatic rings. The number of hydrogen-bond acceptors (Lipinski definition) is 8. The van der Waals surface area contributed by atoms with E-state index in [1.165, 1.54) is 11.3 Å². The summed E-state index contributed by atoms with van der Waals surface area (Å²) >= 11 is 8.35. The number of anilines is 1. The van der Waals surface area contributed by atoms with Gasteiger partial charge in [-0.3, -0.25) is 14.6 Å². The Hall–Kier alpha value is -3.31. The van der Waals surface area contributed by atoms with Crippen molar-refractivity contribution in [3.63, 3.8) is 0 Å².